The van der Waals surface area contributed by atoms with Crippen LogP contribution in [0.3, 0.4) is 0 Å². The molecular weight excluding hydrogens is 220 g/mol. The zero-order chi connectivity index (χ0) is 11.5. The molecule has 0 saturated carbocycles. The van der Waals surface area contributed by atoms with Gasteiger partial charge in [-0.15, -0.1) is 11.3 Å². The molecule has 88 valence electrons. The summed E-state index contributed by atoms with van der Waals surface area (Å²) < 4.78 is 0. The van der Waals surface area contributed by atoms with Crippen LogP contribution in [0.4, 0.5) is 0 Å². The quantitative estimate of drug-likeness (QED) is 0.848. The van der Waals surface area contributed by atoms with Crippen molar-refractivity contribution in [1.29, 1.82) is 0 Å². The lowest BCUT2D eigenvalue weighted by Gasteiger charge is -2.29. The highest BCUT2D eigenvalue weighted by Crippen LogP contribution is 2.25. The van der Waals surface area contributed by atoms with E-state index in [0.717, 1.165) is 26.2 Å². The molecule has 1 atom stereocenters. The van der Waals surface area contributed by atoms with Crippen molar-refractivity contribution < 1.29 is 4.79 Å². The first kappa shape index (κ1) is 11.6. The van der Waals surface area contributed by atoms with Crippen LogP contribution in [0.15, 0.2) is 12.1 Å². The highest BCUT2D eigenvalue weighted by atomic mass is 32.1. The Hall–Kier alpha value is -0.870. The number of carbonyl (C=O) groups excluding carboxylic acids is 1. The molecule has 1 aliphatic rings. The van der Waals surface area contributed by atoms with Crippen molar-refractivity contribution in [3.8, 4) is 0 Å². The Labute approximate surface area is 100 Å². The number of rotatable bonds is 2. The Balaban J connectivity index is 2.03. The highest BCUT2D eigenvalue weighted by Gasteiger charge is 2.23. The van der Waals surface area contributed by atoms with Crippen LogP contribution in [0.2, 0.25) is 0 Å². The van der Waals surface area contributed by atoms with E-state index in [1.807, 2.05) is 11.8 Å². The van der Waals surface area contributed by atoms with Gasteiger partial charge >= 0.3 is 0 Å². The summed E-state index contributed by atoms with van der Waals surface area (Å²) in [5, 5.41) is 3.26. The van der Waals surface area contributed by atoms with Crippen molar-refractivity contribution >= 4 is 17.2 Å². The molecule has 0 bridgehead atoms. The molecule has 1 amide bonds. The standard InChI is InChI=1S/C12H18N2OS/c1-9-3-4-11(16-9)10(2)12(15)14-7-5-13-6-8-14/h3-4,10,13H,5-8H2,1-2H3. The van der Waals surface area contributed by atoms with E-state index in [-0.39, 0.29) is 11.8 Å². The zero-order valence-electron chi connectivity index (χ0n) is 9.82. The molecule has 1 aromatic rings. The second kappa shape index (κ2) is 4.97. The van der Waals surface area contributed by atoms with Crippen molar-refractivity contribution in [3.63, 3.8) is 0 Å². The van der Waals surface area contributed by atoms with Crippen LogP contribution in [0.5, 0.6) is 0 Å². The fourth-order valence-electron chi connectivity index (χ4n) is 1.97. The van der Waals surface area contributed by atoms with Gasteiger partial charge in [0.15, 0.2) is 0 Å². The highest BCUT2D eigenvalue weighted by molar-refractivity contribution is 7.12. The number of hydrogen-bond acceptors (Lipinski definition) is 3. The first-order valence-electron chi connectivity index (χ1n) is 5.74. The lowest BCUT2D eigenvalue weighted by molar-refractivity contribution is -0.132. The van der Waals surface area contributed by atoms with E-state index in [2.05, 4.69) is 24.4 Å². The molecule has 1 aliphatic heterocycles. The third-order valence-corrected chi connectivity index (χ3v) is 4.17. The van der Waals surface area contributed by atoms with Crippen LogP contribution in [0, 0.1) is 6.92 Å². The number of carbonyl (C=O) groups is 1. The fraction of sp³-hybridized carbons (Fsp3) is 0.583. The number of aryl methyl sites for hydroxylation is 1. The smallest absolute Gasteiger partial charge is 0.230 e. The van der Waals surface area contributed by atoms with Gasteiger partial charge in [-0.3, -0.25) is 4.79 Å². The molecule has 0 radical (unpaired) electrons. The van der Waals surface area contributed by atoms with Crippen LogP contribution in [-0.4, -0.2) is 37.0 Å². The van der Waals surface area contributed by atoms with Crippen molar-refractivity contribution in [2.45, 2.75) is 19.8 Å². The molecule has 0 spiro atoms. The SMILES string of the molecule is Cc1ccc(C(C)C(=O)N2CCNCC2)s1. The van der Waals surface area contributed by atoms with Gasteiger partial charge in [0.1, 0.15) is 0 Å². The van der Waals surface area contributed by atoms with Crippen LogP contribution >= 0.6 is 11.3 Å². The molecule has 2 rings (SSSR count). The number of thiophene rings is 1. The topological polar surface area (TPSA) is 32.3 Å². The summed E-state index contributed by atoms with van der Waals surface area (Å²) in [7, 11) is 0. The summed E-state index contributed by atoms with van der Waals surface area (Å²) >= 11 is 1.73. The predicted octanol–water partition coefficient (Wildman–Crippen LogP) is 1.59. The average molecular weight is 238 g/mol. The van der Waals surface area contributed by atoms with E-state index >= 15 is 0 Å². The Morgan fingerprint density at radius 1 is 1.44 bits per heavy atom. The van der Waals surface area contributed by atoms with Crippen LogP contribution < -0.4 is 5.32 Å². The maximum Gasteiger partial charge on any atom is 0.230 e. The number of hydrogen-bond donors (Lipinski definition) is 1. The third kappa shape index (κ3) is 2.44. The average Bonchev–Trinajstić information content (AvgIpc) is 2.75. The van der Waals surface area contributed by atoms with E-state index in [1.54, 1.807) is 11.3 Å². The molecular formula is C12H18N2OS. The van der Waals surface area contributed by atoms with Gasteiger partial charge in [0.2, 0.25) is 5.91 Å². The molecule has 1 N–H and O–H groups in total. The normalized spacial score (nSPS) is 18.5. The van der Waals surface area contributed by atoms with Crippen LogP contribution in [0.1, 0.15) is 22.6 Å². The van der Waals surface area contributed by atoms with Crippen LogP contribution in [0.25, 0.3) is 0 Å². The van der Waals surface area contributed by atoms with Gasteiger partial charge in [-0.2, -0.15) is 0 Å². The van der Waals surface area contributed by atoms with Gasteiger partial charge in [0.05, 0.1) is 5.92 Å². The number of amides is 1. The summed E-state index contributed by atoms with van der Waals surface area (Å²) in [6, 6.07) is 4.16. The number of piperazine rings is 1. The van der Waals surface area contributed by atoms with Crippen molar-refractivity contribution in [2.24, 2.45) is 0 Å². The summed E-state index contributed by atoms with van der Waals surface area (Å²) in [5.41, 5.74) is 0. The van der Waals surface area contributed by atoms with E-state index in [4.69, 9.17) is 0 Å². The van der Waals surface area contributed by atoms with E-state index in [9.17, 15) is 4.79 Å². The van der Waals surface area contributed by atoms with Gasteiger partial charge in [-0.25, -0.2) is 0 Å². The molecule has 1 aromatic heterocycles. The summed E-state index contributed by atoms with van der Waals surface area (Å²) in [4.78, 5) is 16.6. The molecule has 0 aromatic carbocycles. The van der Waals surface area contributed by atoms with Crippen molar-refractivity contribution in [2.75, 3.05) is 26.2 Å². The van der Waals surface area contributed by atoms with E-state index in [0.29, 0.717) is 0 Å². The first-order chi connectivity index (χ1) is 7.68. The van der Waals surface area contributed by atoms with Gasteiger partial charge in [-0.05, 0) is 26.0 Å². The van der Waals surface area contributed by atoms with E-state index in [1.165, 1.54) is 9.75 Å². The Morgan fingerprint density at radius 2 is 2.12 bits per heavy atom. The minimum absolute atomic E-state index is 0.0109. The van der Waals surface area contributed by atoms with Crippen molar-refractivity contribution in [1.82, 2.24) is 10.2 Å². The van der Waals surface area contributed by atoms with Gasteiger partial charge in [0.25, 0.3) is 0 Å². The Kier molecular flexibility index (Phi) is 3.61. The maximum absolute atomic E-state index is 12.2. The van der Waals surface area contributed by atoms with Gasteiger partial charge in [-0.1, -0.05) is 0 Å². The largest absolute Gasteiger partial charge is 0.340 e. The summed E-state index contributed by atoms with van der Waals surface area (Å²) in [5.74, 6) is 0.278. The third-order valence-electron chi connectivity index (χ3n) is 2.99. The van der Waals surface area contributed by atoms with Gasteiger partial charge < -0.3 is 10.2 Å². The monoisotopic (exact) mass is 238 g/mol. The minimum Gasteiger partial charge on any atom is -0.340 e. The van der Waals surface area contributed by atoms with E-state index < -0.39 is 0 Å². The molecule has 1 saturated heterocycles. The lowest BCUT2D eigenvalue weighted by atomic mass is 10.1. The summed E-state index contributed by atoms with van der Waals surface area (Å²) in [6.45, 7) is 7.61. The lowest BCUT2D eigenvalue weighted by Crippen LogP contribution is -2.47. The molecule has 2 heterocycles. The fourth-order valence-corrected chi connectivity index (χ4v) is 2.89. The molecule has 1 unspecified atom stereocenters. The molecule has 0 aliphatic carbocycles. The molecule has 4 heteroatoms. The number of nitrogens with one attached hydrogen (secondary N) is 1. The molecule has 3 nitrogen and oxygen atoms in total. The first-order valence-corrected chi connectivity index (χ1v) is 6.56. The maximum atomic E-state index is 12.2. The van der Waals surface area contributed by atoms with Gasteiger partial charge in [0, 0.05) is 35.9 Å². The summed E-state index contributed by atoms with van der Waals surface area (Å²) in [6.07, 6.45) is 0. The van der Waals surface area contributed by atoms with Crippen LogP contribution in [-0.2, 0) is 4.79 Å². The predicted molar refractivity (Wildman–Crippen MR) is 66.9 cm³/mol. The molecule has 1 fully saturated rings. The van der Waals surface area contributed by atoms with Crippen molar-refractivity contribution in [3.05, 3.63) is 21.9 Å². The Morgan fingerprint density at radius 3 is 2.69 bits per heavy atom. The second-order valence-electron chi connectivity index (χ2n) is 4.25. The second-order valence-corrected chi connectivity index (χ2v) is 5.56. The Bertz CT molecular complexity index is 369. The molecule has 16 heavy (non-hydrogen) atoms. The zero-order valence-corrected chi connectivity index (χ0v) is 10.6. The minimum atomic E-state index is 0.0109. The number of nitrogens with zero attached hydrogens (tertiary/aromatic N) is 1.